The Balaban J connectivity index is 2.47. The van der Waals surface area contributed by atoms with Crippen LogP contribution >= 0.6 is 0 Å². The zero-order chi connectivity index (χ0) is 11.5. The summed E-state index contributed by atoms with van der Waals surface area (Å²) >= 11 is 0. The molecule has 0 aliphatic carbocycles. The van der Waals surface area contributed by atoms with Crippen molar-refractivity contribution in [2.75, 3.05) is 0 Å². The molecule has 0 aliphatic heterocycles. The molecule has 0 saturated heterocycles. The van der Waals surface area contributed by atoms with Crippen LogP contribution in [0.25, 0.3) is 17.2 Å². The van der Waals surface area contributed by atoms with Crippen LogP contribution in [0.15, 0.2) is 28.7 Å². The van der Waals surface area contributed by atoms with Gasteiger partial charge in [0.15, 0.2) is 5.58 Å². The molecule has 0 unspecified atom stereocenters. The van der Waals surface area contributed by atoms with Crippen molar-refractivity contribution in [1.29, 1.82) is 0 Å². The molecule has 82 valence electrons. The van der Waals surface area contributed by atoms with Gasteiger partial charge in [0.05, 0.1) is 0 Å². The molecular formula is C12H11NO3. The van der Waals surface area contributed by atoms with E-state index in [1.807, 2.05) is 25.1 Å². The number of carbonyl (C=O) groups is 1. The Hall–Kier alpha value is -2.10. The molecule has 0 fully saturated rings. The minimum absolute atomic E-state index is 0.318. The van der Waals surface area contributed by atoms with Crippen LogP contribution < -0.4 is 0 Å². The van der Waals surface area contributed by atoms with Gasteiger partial charge >= 0.3 is 5.97 Å². The third kappa shape index (κ3) is 1.95. The Labute approximate surface area is 92.2 Å². The Morgan fingerprint density at radius 1 is 1.56 bits per heavy atom. The fourth-order valence-electron chi connectivity index (χ4n) is 1.52. The highest BCUT2D eigenvalue weighted by molar-refractivity contribution is 5.85. The summed E-state index contributed by atoms with van der Waals surface area (Å²) < 4.78 is 5.40. The normalized spacial score (nSPS) is 11.3. The standard InChI is InChI=1S/C12H11NO3/c1-2-8-4-3-5-9-12(8)13-10(16-9)6-7-11(14)15/h3-7H,2H2,1H3,(H,14,15)/b7-6+. The minimum atomic E-state index is -1.02. The van der Waals surface area contributed by atoms with Crippen molar-refractivity contribution >= 4 is 23.1 Å². The number of hydrogen-bond donors (Lipinski definition) is 1. The molecule has 1 aromatic heterocycles. The Morgan fingerprint density at radius 2 is 2.38 bits per heavy atom. The van der Waals surface area contributed by atoms with Crippen molar-refractivity contribution in [1.82, 2.24) is 4.98 Å². The highest BCUT2D eigenvalue weighted by Crippen LogP contribution is 2.20. The number of rotatable bonds is 3. The van der Waals surface area contributed by atoms with Gasteiger partial charge in [-0.2, -0.15) is 0 Å². The molecule has 2 rings (SSSR count). The zero-order valence-electron chi connectivity index (χ0n) is 8.80. The van der Waals surface area contributed by atoms with Gasteiger partial charge in [0.2, 0.25) is 5.89 Å². The molecule has 0 radical (unpaired) electrons. The quantitative estimate of drug-likeness (QED) is 0.802. The van der Waals surface area contributed by atoms with E-state index in [2.05, 4.69) is 4.98 Å². The maximum atomic E-state index is 10.4. The number of hydrogen-bond acceptors (Lipinski definition) is 3. The van der Waals surface area contributed by atoms with Crippen LogP contribution in [0.5, 0.6) is 0 Å². The van der Waals surface area contributed by atoms with E-state index >= 15 is 0 Å². The smallest absolute Gasteiger partial charge is 0.328 e. The van der Waals surface area contributed by atoms with E-state index < -0.39 is 5.97 Å². The number of carboxylic acid groups (broad SMARTS) is 1. The molecule has 0 spiro atoms. The summed E-state index contributed by atoms with van der Waals surface area (Å²) in [6.45, 7) is 2.04. The number of aryl methyl sites for hydroxylation is 1. The maximum Gasteiger partial charge on any atom is 0.328 e. The summed E-state index contributed by atoms with van der Waals surface area (Å²) in [6, 6.07) is 5.70. The third-order valence-electron chi connectivity index (χ3n) is 2.27. The largest absolute Gasteiger partial charge is 0.478 e. The SMILES string of the molecule is CCc1cccc2oc(/C=C/C(=O)O)nc12. The third-order valence-corrected chi connectivity index (χ3v) is 2.27. The van der Waals surface area contributed by atoms with Crippen LogP contribution in [0, 0.1) is 0 Å². The molecule has 2 aromatic rings. The second-order valence-corrected chi connectivity index (χ2v) is 3.34. The topological polar surface area (TPSA) is 63.3 Å². The molecule has 4 nitrogen and oxygen atoms in total. The predicted octanol–water partition coefficient (Wildman–Crippen LogP) is 2.49. The molecule has 1 N–H and O–H groups in total. The number of para-hydroxylation sites is 1. The first-order chi connectivity index (χ1) is 7.70. The van der Waals surface area contributed by atoms with Gasteiger partial charge in [-0.1, -0.05) is 19.1 Å². The van der Waals surface area contributed by atoms with Crippen molar-refractivity contribution in [3.05, 3.63) is 35.7 Å². The summed E-state index contributed by atoms with van der Waals surface area (Å²) in [5.74, 6) is -0.698. The molecule has 0 saturated carbocycles. The minimum Gasteiger partial charge on any atom is -0.478 e. The number of aliphatic carboxylic acids is 1. The first-order valence-corrected chi connectivity index (χ1v) is 5.00. The van der Waals surface area contributed by atoms with Crippen molar-refractivity contribution in [2.24, 2.45) is 0 Å². The van der Waals surface area contributed by atoms with Crippen LogP contribution in [0.3, 0.4) is 0 Å². The lowest BCUT2D eigenvalue weighted by Crippen LogP contribution is -1.85. The number of aromatic nitrogens is 1. The first-order valence-electron chi connectivity index (χ1n) is 5.00. The van der Waals surface area contributed by atoms with E-state index in [1.165, 1.54) is 6.08 Å². The van der Waals surface area contributed by atoms with Crippen molar-refractivity contribution in [3.63, 3.8) is 0 Å². The molecule has 1 aromatic carbocycles. The molecule has 0 atom stereocenters. The molecule has 1 heterocycles. The van der Waals surface area contributed by atoms with E-state index in [0.717, 1.165) is 23.6 Å². The van der Waals surface area contributed by atoms with Gasteiger partial charge in [-0.15, -0.1) is 0 Å². The van der Waals surface area contributed by atoms with Gasteiger partial charge < -0.3 is 9.52 Å². The summed E-state index contributed by atoms with van der Waals surface area (Å²) in [4.78, 5) is 14.6. The number of nitrogens with zero attached hydrogens (tertiary/aromatic N) is 1. The monoisotopic (exact) mass is 217 g/mol. The second kappa shape index (κ2) is 4.18. The van der Waals surface area contributed by atoms with E-state index in [1.54, 1.807) is 0 Å². The number of fused-ring (bicyclic) bond motifs is 1. The van der Waals surface area contributed by atoms with Crippen LogP contribution in [0.2, 0.25) is 0 Å². The molecule has 0 bridgehead atoms. The van der Waals surface area contributed by atoms with Gasteiger partial charge in [0, 0.05) is 12.2 Å². The van der Waals surface area contributed by atoms with E-state index in [9.17, 15) is 4.79 Å². The van der Waals surface area contributed by atoms with Crippen molar-refractivity contribution < 1.29 is 14.3 Å². The molecule has 0 aliphatic rings. The fourth-order valence-corrected chi connectivity index (χ4v) is 1.52. The zero-order valence-corrected chi connectivity index (χ0v) is 8.80. The number of oxazole rings is 1. The summed E-state index contributed by atoms with van der Waals surface area (Å²) in [5.41, 5.74) is 2.58. The molecule has 16 heavy (non-hydrogen) atoms. The predicted molar refractivity (Wildman–Crippen MR) is 60.1 cm³/mol. The number of benzene rings is 1. The van der Waals surface area contributed by atoms with Gasteiger partial charge in [-0.05, 0) is 18.1 Å². The number of carboxylic acids is 1. The Bertz CT molecular complexity index is 554. The Kier molecular flexibility index (Phi) is 2.72. The molecule has 0 amide bonds. The lowest BCUT2D eigenvalue weighted by atomic mass is 10.1. The summed E-state index contributed by atoms with van der Waals surface area (Å²) in [6.07, 6.45) is 3.23. The van der Waals surface area contributed by atoms with Crippen LogP contribution in [-0.4, -0.2) is 16.1 Å². The highest BCUT2D eigenvalue weighted by Gasteiger charge is 2.06. The lowest BCUT2D eigenvalue weighted by molar-refractivity contribution is -0.131. The second-order valence-electron chi connectivity index (χ2n) is 3.34. The van der Waals surface area contributed by atoms with Crippen LogP contribution in [0.4, 0.5) is 0 Å². The highest BCUT2D eigenvalue weighted by atomic mass is 16.4. The lowest BCUT2D eigenvalue weighted by Gasteiger charge is -1.93. The van der Waals surface area contributed by atoms with E-state index in [4.69, 9.17) is 9.52 Å². The van der Waals surface area contributed by atoms with E-state index in [-0.39, 0.29) is 0 Å². The average molecular weight is 217 g/mol. The molecular weight excluding hydrogens is 206 g/mol. The molecule has 4 heteroatoms. The van der Waals surface area contributed by atoms with Crippen LogP contribution in [0.1, 0.15) is 18.4 Å². The fraction of sp³-hybridized carbons (Fsp3) is 0.167. The summed E-state index contributed by atoms with van der Waals surface area (Å²) in [7, 11) is 0. The van der Waals surface area contributed by atoms with Gasteiger partial charge in [0.25, 0.3) is 0 Å². The average Bonchev–Trinajstić information content (AvgIpc) is 2.68. The van der Waals surface area contributed by atoms with Crippen LogP contribution in [-0.2, 0) is 11.2 Å². The van der Waals surface area contributed by atoms with Crippen molar-refractivity contribution in [3.8, 4) is 0 Å². The van der Waals surface area contributed by atoms with Gasteiger partial charge in [-0.3, -0.25) is 0 Å². The maximum absolute atomic E-state index is 10.4. The van der Waals surface area contributed by atoms with E-state index in [0.29, 0.717) is 11.5 Å². The first kappa shape index (κ1) is 10.4. The van der Waals surface area contributed by atoms with Gasteiger partial charge in [-0.25, -0.2) is 9.78 Å². The Morgan fingerprint density at radius 3 is 3.06 bits per heavy atom. The van der Waals surface area contributed by atoms with Crippen molar-refractivity contribution in [2.45, 2.75) is 13.3 Å². The van der Waals surface area contributed by atoms with Gasteiger partial charge in [0.1, 0.15) is 5.52 Å². The summed E-state index contributed by atoms with van der Waals surface area (Å²) in [5, 5.41) is 8.49.